The van der Waals surface area contributed by atoms with E-state index in [1.807, 2.05) is 6.07 Å². The number of ether oxygens (including phenoxy) is 2. The minimum absolute atomic E-state index is 0.0885. The third-order valence-corrected chi connectivity index (χ3v) is 6.39. The molecule has 2 N–H and O–H groups in total. The van der Waals surface area contributed by atoms with Crippen molar-refractivity contribution < 1.29 is 27.4 Å². The van der Waals surface area contributed by atoms with Crippen LogP contribution in [0.15, 0.2) is 59.9 Å². The number of aldehydes is 1. The van der Waals surface area contributed by atoms with Crippen LogP contribution in [0.5, 0.6) is 11.5 Å². The average molecular weight is 466 g/mol. The van der Waals surface area contributed by atoms with Crippen LogP contribution in [0.25, 0.3) is 0 Å². The maximum atomic E-state index is 12.6. The Hall–Kier alpha value is -2.76. The molecule has 11 heteroatoms. The predicted molar refractivity (Wildman–Crippen MR) is 113 cm³/mol. The summed E-state index contributed by atoms with van der Waals surface area (Å²) in [5, 5.41) is 8.32. The molecular formula is C21H21F3N4O3S. The maximum Gasteiger partial charge on any atom is 0.573 e. The van der Waals surface area contributed by atoms with Gasteiger partial charge in [0, 0.05) is 36.8 Å². The summed E-state index contributed by atoms with van der Waals surface area (Å²) in [5.74, 6) is 0.333. The number of carbonyl (C=O) groups is 1. The van der Waals surface area contributed by atoms with E-state index < -0.39 is 11.4 Å². The summed E-state index contributed by atoms with van der Waals surface area (Å²) in [4.78, 5) is 16.8. The molecule has 2 unspecified atom stereocenters. The highest BCUT2D eigenvalue weighted by Gasteiger charge is 2.46. The molecule has 0 saturated carbocycles. The number of carbonyl (C=O) groups excluding carboxylic acids is 1. The highest BCUT2D eigenvalue weighted by Crippen LogP contribution is 2.45. The number of piperazine rings is 1. The molecule has 2 atom stereocenters. The zero-order valence-corrected chi connectivity index (χ0v) is 17.7. The first-order valence-electron chi connectivity index (χ1n) is 9.87. The monoisotopic (exact) mass is 466 g/mol. The van der Waals surface area contributed by atoms with Crippen molar-refractivity contribution in [3.63, 3.8) is 0 Å². The minimum atomic E-state index is -4.76. The molecule has 0 amide bonds. The largest absolute Gasteiger partial charge is 0.573 e. The maximum absolute atomic E-state index is 12.6. The first-order valence-corrected chi connectivity index (χ1v) is 10.8. The number of pyridine rings is 1. The van der Waals surface area contributed by atoms with Crippen molar-refractivity contribution in [3.8, 4) is 11.5 Å². The van der Waals surface area contributed by atoms with Gasteiger partial charge in [-0.15, -0.1) is 13.2 Å². The van der Waals surface area contributed by atoms with Crippen LogP contribution in [0.3, 0.4) is 0 Å². The Balaban J connectivity index is 1.60. The molecule has 0 spiro atoms. The van der Waals surface area contributed by atoms with Crippen LogP contribution < -0.4 is 20.1 Å². The van der Waals surface area contributed by atoms with E-state index in [1.54, 1.807) is 36.0 Å². The summed E-state index contributed by atoms with van der Waals surface area (Å²) < 4.78 is 47.6. The van der Waals surface area contributed by atoms with Gasteiger partial charge in [0.25, 0.3) is 0 Å². The fourth-order valence-corrected chi connectivity index (χ4v) is 4.97. The summed E-state index contributed by atoms with van der Waals surface area (Å²) >= 11 is 1.39. The predicted octanol–water partition coefficient (Wildman–Crippen LogP) is 2.82. The Morgan fingerprint density at radius 3 is 2.72 bits per heavy atom. The number of benzene rings is 1. The Morgan fingerprint density at radius 2 is 2.06 bits per heavy atom. The number of aromatic nitrogens is 1. The molecular weight excluding hydrogens is 445 g/mol. The second-order valence-electron chi connectivity index (χ2n) is 7.20. The number of thioether (sulfide) groups is 1. The molecule has 0 bridgehead atoms. The van der Waals surface area contributed by atoms with Gasteiger partial charge in [0.05, 0.1) is 17.9 Å². The van der Waals surface area contributed by atoms with E-state index >= 15 is 0 Å². The average Bonchev–Trinajstić information content (AvgIpc) is 3.24. The van der Waals surface area contributed by atoms with Gasteiger partial charge >= 0.3 is 6.36 Å². The Labute approximate surface area is 187 Å². The molecule has 1 aromatic heterocycles. The molecule has 0 aliphatic carbocycles. The zero-order chi connectivity index (χ0) is 22.6. The van der Waals surface area contributed by atoms with Gasteiger partial charge in [-0.1, -0.05) is 23.9 Å². The number of nitrogens with one attached hydrogen (secondary N) is 2. The lowest BCUT2D eigenvalue weighted by molar-refractivity contribution is -0.274. The number of hydrogen-bond acceptors (Lipinski definition) is 8. The quantitative estimate of drug-likeness (QED) is 0.604. The standard InChI is InChI=1S/C21H21F3N4O3S/c22-21(23,24)31-18-5-3-15(4-6-18)20(27-16(12-29)14-32-20)28-9-8-26-10-17(28)13-30-19-2-1-7-25-11-19/h1-7,11-12,14,17,26-27H,8-10,13H2. The topological polar surface area (TPSA) is 75.7 Å². The number of rotatable bonds is 7. The first kappa shape index (κ1) is 22.4. The van der Waals surface area contributed by atoms with Gasteiger partial charge in [-0.05, 0) is 24.3 Å². The SMILES string of the molecule is O=CC1=CSC(c2ccc(OC(F)(F)F)cc2)(N2CCNCC2COc2cccnc2)N1. The van der Waals surface area contributed by atoms with Crippen molar-refractivity contribution in [3.05, 3.63) is 65.5 Å². The fraction of sp³-hybridized carbons (Fsp3) is 0.333. The van der Waals surface area contributed by atoms with Crippen LogP contribution in [-0.4, -0.2) is 54.8 Å². The van der Waals surface area contributed by atoms with E-state index in [-0.39, 0.29) is 11.8 Å². The van der Waals surface area contributed by atoms with Crippen LogP contribution in [0.2, 0.25) is 0 Å². The lowest BCUT2D eigenvalue weighted by Crippen LogP contribution is -2.63. The van der Waals surface area contributed by atoms with E-state index in [1.165, 1.54) is 23.9 Å². The molecule has 0 radical (unpaired) electrons. The van der Waals surface area contributed by atoms with Gasteiger partial charge in [-0.25, -0.2) is 0 Å². The summed E-state index contributed by atoms with van der Waals surface area (Å²) in [6.07, 6.45) is -0.753. The number of hydrogen-bond donors (Lipinski definition) is 2. The molecule has 7 nitrogen and oxygen atoms in total. The van der Waals surface area contributed by atoms with Gasteiger partial charge in [-0.3, -0.25) is 14.7 Å². The number of alkyl halides is 3. The van der Waals surface area contributed by atoms with Crippen LogP contribution in [0, 0.1) is 0 Å². The van der Waals surface area contributed by atoms with Crippen molar-refractivity contribution in [1.29, 1.82) is 0 Å². The van der Waals surface area contributed by atoms with Crippen molar-refractivity contribution in [2.24, 2.45) is 0 Å². The Bertz CT molecular complexity index is 959. The fourth-order valence-electron chi connectivity index (χ4n) is 3.74. The van der Waals surface area contributed by atoms with Gasteiger partial charge in [0.15, 0.2) is 11.3 Å². The van der Waals surface area contributed by atoms with Gasteiger partial charge in [0.1, 0.15) is 18.1 Å². The second kappa shape index (κ2) is 9.39. The lowest BCUT2D eigenvalue weighted by atomic mass is 10.1. The summed E-state index contributed by atoms with van der Waals surface area (Å²) in [6, 6.07) is 9.21. The first-order chi connectivity index (χ1) is 15.4. The molecule has 1 fully saturated rings. The molecule has 2 aliphatic rings. The van der Waals surface area contributed by atoms with Crippen LogP contribution in [0.4, 0.5) is 13.2 Å². The van der Waals surface area contributed by atoms with E-state index in [2.05, 4.69) is 25.3 Å². The van der Waals surface area contributed by atoms with Crippen molar-refractivity contribution in [2.45, 2.75) is 17.4 Å². The third kappa shape index (κ3) is 5.00. The van der Waals surface area contributed by atoms with E-state index in [9.17, 15) is 18.0 Å². The number of allylic oxidation sites excluding steroid dienone is 1. The smallest absolute Gasteiger partial charge is 0.490 e. The summed E-state index contributed by atoms with van der Waals surface area (Å²) in [5.41, 5.74) is 1.09. The highest BCUT2D eigenvalue weighted by atomic mass is 32.2. The van der Waals surface area contributed by atoms with Crippen LogP contribution in [0.1, 0.15) is 5.56 Å². The number of nitrogens with zero attached hydrogens (tertiary/aromatic N) is 2. The molecule has 3 heterocycles. The van der Waals surface area contributed by atoms with Crippen LogP contribution >= 0.6 is 11.8 Å². The van der Waals surface area contributed by atoms with Gasteiger partial charge in [0.2, 0.25) is 0 Å². The summed E-state index contributed by atoms with van der Waals surface area (Å²) in [6.45, 7) is 2.32. The van der Waals surface area contributed by atoms with E-state index in [0.29, 0.717) is 43.3 Å². The number of halogens is 3. The van der Waals surface area contributed by atoms with Crippen molar-refractivity contribution in [2.75, 3.05) is 26.2 Å². The molecule has 170 valence electrons. The zero-order valence-electron chi connectivity index (χ0n) is 16.8. The summed E-state index contributed by atoms with van der Waals surface area (Å²) in [7, 11) is 0. The van der Waals surface area contributed by atoms with E-state index in [4.69, 9.17) is 4.74 Å². The third-order valence-electron chi connectivity index (χ3n) is 5.11. The van der Waals surface area contributed by atoms with Crippen LogP contribution in [-0.2, 0) is 9.79 Å². The molecule has 1 saturated heterocycles. The lowest BCUT2D eigenvalue weighted by Gasteiger charge is -2.47. The second-order valence-corrected chi connectivity index (χ2v) is 8.26. The molecule has 1 aromatic carbocycles. The van der Waals surface area contributed by atoms with Gasteiger partial charge < -0.3 is 20.1 Å². The van der Waals surface area contributed by atoms with E-state index in [0.717, 1.165) is 6.29 Å². The molecule has 4 rings (SSSR count). The van der Waals surface area contributed by atoms with Gasteiger partial charge in [-0.2, -0.15) is 0 Å². The van der Waals surface area contributed by atoms with Crippen molar-refractivity contribution in [1.82, 2.24) is 20.5 Å². The molecule has 32 heavy (non-hydrogen) atoms. The normalized spacial score (nSPS) is 23.8. The minimum Gasteiger partial charge on any atom is -0.490 e. The molecule has 2 aromatic rings. The van der Waals surface area contributed by atoms with Crippen molar-refractivity contribution >= 4 is 18.0 Å². The Morgan fingerprint density at radius 1 is 1.25 bits per heavy atom. The molecule has 2 aliphatic heterocycles. The Kier molecular flexibility index (Phi) is 6.58. The highest BCUT2D eigenvalue weighted by molar-refractivity contribution is 8.03.